The van der Waals surface area contributed by atoms with Gasteiger partial charge < -0.3 is 10.1 Å². The fraction of sp³-hybridized carbons (Fsp3) is 0.692. The van der Waals surface area contributed by atoms with Gasteiger partial charge in [-0.15, -0.1) is 0 Å². The number of nitrogens with one attached hydrogen (secondary N) is 1. The molecule has 1 aliphatic rings. The van der Waals surface area contributed by atoms with Crippen LogP contribution in [0.3, 0.4) is 0 Å². The summed E-state index contributed by atoms with van der Waals surface area (Å²) in [6.07, 6.45) is 2.55. The molecule has 0 radical (unpaired) electrons. The second-order valence-electron chi connectivity index (χ2n) is 4.76. The van der Waals surface area contributed by atoms with Gasteiger partial charge in [0.05, 0.1) is 0 Å². The summed E-state index contributed by atoms with van der Waals surface area (Å²) in [5, 5.41) is 3.15. The predicted octanol–water partition coefficient (Wildman–Crippen LogP) is 1.91. The maximum absolute atomic E-state index is 5.53. The minimum absolute atomic E-state index is 0.0797. The summed E-state index contributed by atoms with van der Waals surface area (Å²) in [6, 6.07) is 0. The van der Waals surface area contributed by atoms with Gasteiger partial charge in [0.2, 0.25) is 0 Å². The van der Waals surface area contributed by atoms with Crippen molar-refractivity contribution < 1.29 is 4.74 Å². The van der Waals surface area contributed by atoms with E-state index in [4.69, 9.17) is 4.74 Å². The highest BCUT2D eigenvalue weighted by Crippen LogP contribution is 2.41. The van der Waals surface area contributed by atoms with E-state index in [1.165, 1.54) is 18.4 Å². The number of aryl methyl sites for hydroxylation is 2. The molecule has 1 aromatic heterocycles. The van der Waals surface area contributed by atoms with Crippen LogP contribution in [0.25, 0.3) is 0 Å². The molecule has 94 valence electrons. The van der Waals surface area contributed by atoms with Gasteiger partial charge in [0.15, 0.2) is 5.82 Å². The summed E-state index contributed by atoms with van der Waals surface area (Å²) in [7, 11) is 3.69. The number of methoxy groups -OCH3 is 1. The second kappa shape index (κ2) is 5.10. The second-order valence-corrected chi connectivity index (χ2v) is 4.76. The number of hydrogen-bond acceptors (Lipinski definition) is 4. The monoisotopic (exact) mass is 235 g/mol. The van der Waals surface area contributed by atoms with Crippen molar-refractivity contribution in [1.29, 1.82) is 0 Å². The fourth-order valence-electron chi connectivity index (χ4n) is 2.23. The summed E-state index contributed by atoms with van der Waals surface area (Å²) < 4.78 is 5.53. The Morgan fingerprint density at radius 2 is 1.88 bits per heavy atom. The first-order chi connectivity index (χ1) is 8.17. The highest BCUT2D eigenvalue weighted by atomic mass is 16.5. The standard InChI is InChI=1S/C13H21N3O/c1-8-11(7-14-3)9(2)16-13(15-8)12(17-4)10-5-6-10/h10,12,14H,5-7H2,1-4H3. The summed E-state index contributed by atoms with van der Waals surface area (Å²) in [5.41, 5.74) is 3.32. The van der Waals surface area contributed by atoms with Crippen molar-refractivity contribution in [1.82, 2.24) is 15.3 Å². The van der Waals surface area contributed by atoms with Crippen molar-refractivity contribution in [3.05, 3.63) is 22.8 Å². The van der Waals surface area contributed by atoms with Crippen molar-refractivity contribution in [2.75, 3.05) is 14.2 Å². The maximum Gasteiger partial charge on any atom is 0.157 e. The lowest BCUT2D eigenvalue weighted by molar-refractivity contribution is 0.0768. The van der Waals surface area contributed by atoms with Crippen LogP contribution in [0.5, 0.6) is 0 Å². The third-order valence-electron chi connectivity index (χ3n) is 3.35. The van der Waals surface area contributed by atoms with Gasteiger partial charge in [-0.25, -0.2) is 9.97 Å². The largest absolute Gasteiger partial charge is 0.373 e. The molecule has 1 aliphatic carbocycles. The average Bonchev–Trinajstić information content (AvgIpc) is 3.09. The zero-order valence-electron chi connectivity index (χ0n) is 11.1. The van der Waals surface area contributed by atoms with Crippen LogP contribution in [0.4, 0.5) is 0 Å². The molecule has 2 rings (SSSR count). The third-order valence-corrected chi connectivity index (χ3v) is 3.35. The topological polar surface area (TPSA) is 47.0 Å². The molecule has 1 heterocycles. The Kier molecular flexibility index (Phi) is 3.74. The van der Waals surface area contributed by atoms with Crippen LogP contribution < -0.4 is 5.32 Å². The molecule has 17 heavy (non-hydrogen) atoms. The zero-order valence-corrected chi connectivity index (χ0v) is 11.1. The van der Waals surface area contributed by atoms with Crippen LogP contribution >= 0.6 is 0 Å². The van der Waals surface area contributed by atoms with E-state index in [0.717, 1.165) is 23.8 Å². The van der Waals surface area contributed by atoms with E-state index < -0.39 is 0 Å². The molecular formula is C13H21N3O. The van der Waals surface area contributed by atoms with Gasteiger partial charge >= 0.3 is 0 Å². The average molecular weight is 235 g/mol. The Balaban J connectivity index is 2.30. The lowest BCUT2D eigenvalue weighted by Gasteiger charge is -2.16. The van der Waals surface area contributed by atoms with E-state index in [-0.39, 0.29) is 6.10 Å². The Morgan fingerprint density at radius 3 is 2.29 bits per heavy atom. The van der Waals surface area contributed by atoms with Gasteiger partial charge in [-0.3, -0.25) is 0 Å². The molecule has 0 bridgehead atoms. The van der Waals surface area contributed by atoms with Crippen LogP contribution in [0, 0.1) is 19.8 Å². The summed E-state index contributed by atoms with van der Waals surface area (Å²) in [5.74, 6) is 1.47. The SMILES string of the molecule is CNCc1c(C)nc(C(OC)C2CC2)nc1C. The van der Waals surface area contributed by atoms with Crippen molar-refractivity contribution in [3.8, 4) is 0 Å². The minimum atomic E-state index is 0.0797. The van der Waals surface area contributed by atoms with Crippen molar-refractivity contribution in [2.45, 2.75) is 39.3 Å². The van der Waals surface area contributed by atoms with Crippen LogP contribution in [0.2, 0.25) is 0 Å². The molecule has 4 nitrogen and oxygen atoms in total. The molecular weight excluding hydrogens is 214 g/mol. The van der Waals surface area contributed by atoms with Crippen molar-refractivity contribution >= 4 is 0 Å². The molecule has 1 saturated carbocycles. The van der Waals surface area contributed by atoms with E-state index in [1.54, 1.807) is 7.11 Å². The predicted molar refractivity (Wildman–Crippen MR) is 66.7 cm³/mol. The minimum Gasteiger partial charge on any atom is -0.373 e. The van der Waals surface area contributed by atoms with Gasteiger partial charge in [0, 0.05) is 30.6 Å². The van der Waals surface area contributed by atoms with E-state index >= 15 is 0 Å². The van der Waals surface area contributed by atoms with E-state index in [0.29, 0.717) is 5.92 Å². The third kappa shape index (κ3) is 2.64. The number of nitrogens with zero attached hydrogens (tertiary/aromatic N) is 2. The molecule has 1 unspecified atom stereocenters. The first-order valence-corrected chi connectivity index (χ1v) is 6.18. The Morgan fingerprint density at radius 1 is 1.29 bits per heavy atom. The maximum atomic E-state index is 5.53. The molecule has 1 aromatic rings. The number of aromatic nitrogens is 2. The summed E-state index contributed by atoms with van der Waals surface area (Å²) >= 11 is 0. The van der Waals surface area contributed by atoms with Crippen LogP contribution in [0.15, 0.2) is 0 Å². The molecule has 0 aliphatic heterocycles. The summed E-state index contributed by atoms with van der Waals surface area (Å²) in [6.45, 7) is 4.91. The highest BCUT2D eigenvalue weighted by Gasteiger charge is 2.34. The first kappa shape index (κ1) is 12.5. The Bertz CT molecular complexity index is 379. The van der Waals surface area contributed by atoms with Crippen molar-refractivity contribution in [2.24, 2.45) is 5.92 Å². The number of hydrogen-bond donors (Lipinski definition) is 1. The Labute approximate surface area is 103 Å². The van der Waals surface area contributed by atoms with Crippen molar-refractivity contribution in [3.63, 3.8) is 0 Å². The number of rotatable bonds is 5. The van der Waals surface area contributed by atoms with Crippen LogP contribution in [-0.4, -0.2) is 24.1 Å². The lowest BCUT2D eigenvalue weighted by atomic mass is 10.1. The molecule has 4 heteroatoms. The molecule has 1 atom stereocenters. The summed E-state index contributed by atoms with van der Waals surface area (Å²) in [4.78, 5) is 9.22. The molecule has 0 amide bonds. The van der Waals surface area contributed by atoms with E-state index in [9.17, 15) is 0 Å². The molecule has 0 saturated heterocycles. The van der Waals surface area contributed by atoms with Gasteiger partial charge in [-0.2, -0.15) is 0 Å². The molecule has 0 aromatic carbocycles. The fourth-order valence-corrected chi connectivity index (χ4v) is 2.23. The normalized spacial score (nSPS) is 17.2. The van der Waals surface area contributed by atoms with Crippen LogP contribution in [0.1, 0.15) is 41.7 Å². The molecule has 0 spiro atoms. The highest BCUT2D eigenvalue weighted by molar-refractivity contribution is 5.25. The smallest absolute Gasteiger partial charge is 0.157 e. The van der Waals surface area contributed by atoms with Gasteiger partial charge in [-0.05, 0) is 39.7 Å². The van der Waals surface area contributed by atoms with Gasteiger partial charge in [0.1, 0.15) is 6.10 Å². The Hall–Kier alpha value is -1.00. The molecule has 1 N–H and O–H groups in total. The van der Waals surface area contributed by atoms with E-state index in [2.05, 4.69) is 15.3 Å². The lowest BCUT2D eigenvalue weighted by Crippen LogP contribution is -2.15. The van der Waals surface area contributed by atoms with Crippen LogP contribution in [-0.2, 0) is 11.3 Å². The quantitative estimate of drug-likeness (QED) is 0.847. The van der Waals surface area contributed by atoms with Gasteiger partial charge in [-0.1, -0.05) is 0 Å². The molecule has 1 fully saturated rings. The zero-order chi connectivity index (χ0) is 12.4. The first-order valence-electron chi connectivity index (χ1n) is 6.18. The number of ether oxygens (including phenoxy) is 1. The van der Waals surface area contributed by atoms with E-state index in [1.807, 2.05) is 20.9 Å². The van der Waals surface area contributed by atoms with Gasteiger partial charge in [0.25, 0.3) is 0 Å².